The van der Waals surface area contributed by atoms with E-state index in [4.69, 9.17) is 29.9 Å². The van der Waals surface area contributed by atoms with Crippen molar-refractivity contribution < 1.29 is 0 Å². The van der Waals surface area contributed by atoms with Crippen molar-refractivity contribution in [3.63, 3.8) is 0 Å². The normalized spacial score (nSPS) is 11.7. The third kappa shape index (κ3) is 6.94. The fourth-order valence-electron chi connectivity index (χ4n) is 10.9. The molecule has 15 aromatic rings. The van der Waals surface area contributed by atoms with Crippen LogP contribution in [0.1, 0.15) is 0 Å². The molecular weight excluding hydrogens is 919 g/mol. The lowest BCUT2D eigenvalue weighted by molar-refractivity contribution is 0.953. The molecule has 9 nitrogen and oxygen atoms in total. The Kier molecular flexibility index (Phi) is 9.67. The van der Waals surface area contributed by atoms with E-state index in [1.165, 1.54) is 5.39 Å². The van der Waals surface area contributed by atoms with E-state index in [0.717, 1.165) is 99.2 Å². The third-order valence-electron chi connectivity index (χ3n) is 14.4. The molecule has 5 aromatic heterocycles. The van der Waals surface area contributed by atoms with Gasteiger partial charge in [0.05, 0.1) is 33.1 Å². The van der Waals surface area contributed by atoms with E-state index in [1.54, 1.807) is 0 Å². The minimum Gasteiger partial charge on any atom is -0.309 e. The number of benzene rings is 10. The standard InChI is InChI=1S/C66H41N9/c1-5-19-42(20-6-1)61-67-62(43-21-7-2-8-22-43)69-63(68-61)45-33-36-48(37-34-45)74-56-31-17-14-28-50(56)53-39-40-54-51-29-15-18-32-57(51)75(60(54)59(53)74)66-71-64(44-23-9-3-10-24-44)70-65(72-66)46-35-38-52-49-27-13-16-30-55(49)73(58(52)41-46)47-25-11-4-12-26-47/h1-41H. The highest BCUT2D eigenvalue weighted by Crippen LogP contribution is 2.42. The van der Waals surface area contributed by atoms with Crippen molar-refractivity contribution in [1.82, 2.24) is 43.6 Å². The lowest BCUT2D eigenvalue weighted by Gasteiger charge is -2.14. The Morgan fingerprint density at radius 2 is 0.547 bits per heavy atom. The zero-order chi connectivity index (χ0) is 49.4. The molecule has 0 aliphatic rings. The van der Waals surface area contributed by atoms with Gasteiger partial charge in [0.2, 0.25) is 5.95 Å². The molecule has 0 saturated carbocycles. The van der Waals surface area contributed by atoms with Gasteiger partial charge in [-0.25, -0.2) is 19.9 Å². The van der Waals surface area contributed by atoms with Crippen LogP contribution in [0.4, 0.5) is 0 Å². The fraction of sp³-hybridized carbons (Fsp3) is 0. The minimum atomic E-state index is 0.520. The van der Waals surface area contributed by atoms with Gasteiger partial charge < -0.3 is 9.13 Å². The molecule has 0 amide bonds. The van der Waals surface area contributed by atoms with Crippen LogP contribution in [0.25, 0.3) is 140 Å². The molecule has 0 aliphatic carbocycles. The van der Waals surface area contributed by atoms with Gasteiger partial charge in [0.25, 0.3) is 0 Å². The SMILES string of the molecule is c1ccc(-c2nc(-c3ccccc3)nc(-c3ccc(-n4c5ccccc5c5ccc6c7ccccc7n(-c7nc(-c8ccccc8)nc(-c8ccc9c%10ccccc%10n(-c%10ccccc%10)c9c8)n7)c6c54)cc3)n2)cc1. The van der Waals surface area contributed by atoms with Crippen molar-refractivity contribution in [3.8, 4) is 74.3 Å². The van der Waals surface area contributed by atoms with E-state index >= 15 is 0 Å². The number of nitrogens with zero attached hydrogens (tertiary/aromatic N) is 9. The van der Waals surface area contributed by atoms with Crippen LogP contribution >= 0.6 is 0 Å². The number of para-hydroxylation sites is 4. The Hall–Kier alpha value is -10.4. The predicted molar refractivity (Wildman–Crippen MR) is 303 cm³/mol. The molecule has 0 fully saturated rings. The summed E-state index contributed by atoms with van der Waals surface area (Å²) in [6.45, 7) is 0. The molecule has 350 valence electrons. The first-order valence-corrected chi connectivity index (χ1v) is 25.0. The Morgan fingerprint density at radius 3 is 1.07 bits per heavy atom. The maximum atomic E-state index is 5.50. The van der Waals surface area contributed by atoms with Gasteiger partial charge in [-0.1, -0.05) is 188 Å². The quantitative estimate of drug-likeness (QED) is 0.151. The maximum Gasteiger partial charge on any atom is 0.238 e. The molecule has 0 spiro atoms. The van der Waals surface area contributed by atoms with Gasteiger partial charge in [-0.05, 0) is 60.7 Å². The van der Waals surface area contributed by atoms with Gasteiger partial charge in [-0.2, -0.15) is 9.97 Å². The van der Waals surface area contributed by atoms with E-state index in [-0.39, 0.29) is 0 Å². The Bertz CT molecular complexity index is 4620. The van der Waals surface area contributed by atoms with Crippen molar-refractivity contribution in [3.05, 3.63) is 249 Å². The molecular formula is C66H41N9. The topological polar surface area (TPSA) is 92.1 Å². The zero-order valence-electron chi connectivity index (χ0n) is 40.2. The largest absolute Gasteiger partial charge is 0.309 e. The molecule has 0 N–H and O–H groups in total. The summed E-state index contributed by atoms with van der Waals surface area (Å²) in [6, 6.07) is 86.3. The first kappa shape index (κ1) is 42.3. The second-order valence-corrected chi connectivity index (χ2v) is 18.7. The van der Waals surface area contributed by atoms with Gasteiger partial charge in [0.15, 0.2) is 29.1 Å². The Balaban J connectivity index is 0.960. The zero-order valence-corrected chi connectivity index (χ0v) is 40.2. The Morgan fingerprint density at radius 1 is 0.213 bits per heavy atom. The number of hydrogen-bond acceptors (Lipinski definition) is 6. The number of hydrogen-bond donors (Lipinski definition) is 0. The monoisotopic (exact) mass is 959 g/mol. The van der Waals surface area contributed by atoms with Gasteiger partial charge >= 0.3 is 0 Å². The van der Waals surface area contributed by atoms with Crippen molar-refractivity contribution >= 4 is 65.4 Å². The number of rotatable bonds is 8. The molecule has 0 aliphatic heterocycles. The average Bonchev–Trinajstić information content (AvgIpc) is 4.13. The van der Waals surface area contributed by atoms with E-state index in [9.17, 15) is 0 Å². The van der Waals surface area contributed by atoms with Crippen molar-refractivity contribution in [1.29, 1.82) is 0 Å². The highest BCUT2D eigenvalue weighted by atomic mass is 15.2. The van der Waals surface area contributed by atoms with E-state index in [1.807, 2.05) is 78.9 Å². The highest BCUT2D eigenvalue weighted by Gasteiger charge is 2.24. The summed E-state index contributed by atoms with van der Waals surface area (Å²) in [5, 5.41) is 6.77. The minimum absolute atomic E-state index is 0.520. The van der Waals surface area contributed by atoms with Crippen molar-refractivity contribution in [2.45, 2.75) is 0 Å². The highest BCUT2D eigenvalue weighted by molar-refractivity contribution is 6.23. The summed E-state index contributed by atoms with van der Waals surface area (Å²) in [7, 11) is 0. The molecule has 0 saturated heterocycles. The molecule has 10 aromatic carbocycles. The van der Waals surface area contributed by atoms with Crippen LogP contribution in [-0.4, -0.2) is 43.6 Å². The molecule has 9 heteroatoms. The fourth-order valence-corrected chi connectivity index (χ4v) is 10.9. The van der Waals surface area contributed by atoms with Crippen molar-refractivity contribution in [2.24, 2.45) is 0 Å². The molecule has 0 unspecified atom stereocenters. The third-order valence-corrected chi connectivity index (χ3v) is 14.4. The van der Waals surface area contributed by atoms with E-state index < -0.39 is 0 Å². The second-order valence-electron chi connectivity index (χ2n) is 18.7. The van der Waals surface area contributed by atoms with Crippen molar-refractivity contribution in [2.75, 3.05) is 0 Å². The molecule has 0 radical (unpaired) electrons. The van der Waals surface area contributed by atoms with Crippen LogP contribution < -0.4 is 0 Å². The summed E-state index contributed by atoms with van der Waals surface area (Å²) >= 11 is 0. The van der Waals surface area contributed by atoms with Crippen LogP contribution in [0.5, 0.6) is 0 Å². The molecule has 75 heavy (non-hydrogen) atoms. The summed E-state index contributed by atoms with van der Waals surface area (Å²) in [5.41, 5.74) is 12.9. The van der Waals surface area contributed by atoms with Gasteiger partial charge in [0, 0.05) is 71.5 Å². The summed E-state index contributed by atoms with van der Waals surface area (Å²) in [5.74, 6) is 3.51. The average molecular weight is 960 g/mol. The van der Waals surface area contributed by atoms with E-state index in [2.05, 4.69) is 184 Å². The van der Waals surface area contributed by atoms with Crippen LogP contribution in [-0.2, 0) is 0 Å². The second kappa shape index (κ2) is 17.1. The lowest BCUT2D eigenvalue weighted by Crippen LogP contribution is -2.07. The van der Waals surface area contributed by atoms with Gasteiger partial charge in [-0.3, -0.25) is 4.57 Å². The number of fused-ring (bicyclic) bond motifs is 10. The predicted octanol–water partition coefficient (Wildman–Crippen LogP) is 15.7. The maximum absolute atomic E-state index is 5.50. The summed E-state index contributed by atoms with van der Waals surface area (Å²) in [4.78, 5) is 31.2. The molecule has 0 atom stereocenters. The first-order valence-electron chi connectivity index (χ1n) is 25.0. The molecule has 15 rings (SSSR count). The Labute approximate surface area is 430 Å². The van der Waals surface area contributed by atoms with E-state index in [0.29, 0.717) is 35.1 Å². The van der Waals surface area contributed by atoms with Crippen LogP contribution in [0.15, 0.2) is 249 Å². The van der Waals surface area contributed by atoms with Gasteiger partial charge in [-0.15, -0.1) is 0 Å². The smallest absolute Gasteiger partial charge is 0.238 e. The van der Waals surface area contributed by atoms with Crippen LogP contribution in [0.3, 0.4) is 0 Å². The van der Waals surface area contributed by atoms with Crippen LogP contribution in [0.2, 0.25) is 0 Å². The summed E-state index contributed by atoms with van der Waals surface area (Å²) < 4.78 is 6.95. The first-order chi connectivity index (χ1) is 37.2. The lowest BCUT2D eigenvalue weighted by atomic mass is 10.1. The molecule has 0 bridgehead atoms. The summed E-state index contributed by atoms with van der Waals surface area (Å²) in [6.07, 6.45) is 0. The molecule has 5 heterocycles. The van der Waals surface area contributed by atoms with Gasteiger partial charge in [0.1, 0.15) is 0 Å². The number of aromatic nitrogens is 9. The van der Waals surface area contributed by atoms with Crippen LogP contribution in [0, 0.1) is 0 Å².